The number of hydrogen-bond acceptors (Lipinski definition) is 3. The van der Waals surface area contributed by atoms with Gasteiger partial charge in [-0.05, 0) is 6.42 Å². The largest absolute Gasteiger partial charge is 0.446 e. The molecular formula is C8H17NO3. The molecule has 0 radical (unpaired) electrons. The highest BCUT2D eigenvalue weighted by molar-refractivity contribution is 5.64. The summed E-state index contributed by atoms with van der Waals surface area (Å²) < 4.78 is 4.77. The van der Waals surface area contributed by atoms with E-state index in [-0.39, 0.29) is 12.7 Å². The Labute approximate surface area is 72.7 Å². The number of aliphatic hydroxyl groups is 1. The van der Waals surface area contributed by atoms with Gasteiger partial charge >= 0.3 is 6.09 Å². The smallest absolute Gasteiger partial charge is 0.404 e. The van der Waals surface area contributed by atoms with Crippen molar-refractivity contribution in [3.8, 4) is 0 Å². The van der Waals surface area contributed by atoms with Crippen LogP contribution in [-0.2, 0) is 4.74 Å². The van der Waals surface area contributed by atoms with Crippen molar-refractivity contribution in [2.75, 3.05) is 6.61 Å². The Morgan fingerprint density at radius 1 is 1.58 bits per heavy atom. The van der Waals surface area contributed by atoms with E-state index < -0.39 is 6.09 Å². The van der Waals surface area contributed by atoms with Crippen molar-refractivity contribution in [3.05, 3.63) is 0 Å². The number of aliphatic hydroxyl groups excluding tert-OH is 1. The van der Waals surface area contributed by atoms with Crippen LogP contribution in [0.25, 0.3) is 0 Å². The third-order valence-electron chi connectivity index (χ3n) is 1.61. The highest BCUT2D eigenvalue weighted by Gasteiger charge is 2.10. The van der Waals surface area contributed by atoms with Crippen LogP contribution in [0.3, 0.4) is 0 Å². The van der Waals surface area contributed by atoms with E-state index in [1.54, 1.807) is 0 Å². The molecule has 4 nitrogen and oxygen atoms in total. The number of carbonyl (C=O) groups excluding carboxylic acids is 1. The Kier molecular flexibility index (Phi) is 6.47. The van der Waals surface area contributed by atoms with Gasteiger partial charge in [0.15, 0.2) is 0 Å². The summed E-state index contributed by atoms with van der Waals surface area (Å²) in [5.74, 6) is 0. The van der Waals surface area contributed by atoms with Gasteiger partial charge in [-0.3, -0.25) is 0 Å². The molecular weight excluding hydrogens is 158 g/mol. The molecule has 1 atom stereocenters. The number of carbonyl (C=O) groups is 1. The normalized spacial score (nSPS) is 12.5. The van der Waals surface area contributed by atoms with Crippen LogP contribution in [0.1, 0.15) is 32.6 Å². The molecule has 0 aromatic heterocycles. The quantitative estimate of drug-likeness (QED) is 0.633. The third kappa shape index (κ3) is 5.97. The zero-order valence-corrected chi connectivity index (χ0v) is 7.45. The highest BCUT2D eigenvalue weighted by atomic mass is 16.6. The second-order valence-corrected chi connectivity index (χ2v) is 2.71. The molecule has 0 heterocycles. The Morgan fingerprint density at radius 2 is 2.25 bits per heavy atom. The minimum absolute atomic E-state index is 0.0294. The van der Waals surface area contributed by atoms with Crippen molar-refractivity contribution < 1.29 is 14.6 Å². The number of nitrogens with two attached hydrogens (primary N) is 1. The lowest BCUT2D eigenvalue weighted by molar-refractivity contribution is 0.0813. The molecule has 0 aromatic carbocycles. The molecule has 3 N–H and O–H groups in total. The molecule has 0 fully saturated rings. The van der Waals surface area contributed by atoms with E-state index in [1.807, 2.05) is 0 Å². The summed E-state index contributed by atoms with van der Waals surface area (Å²) in [6.45, 7) is 2.09. The van der Waals surface area contributed by atoms with Crippen LogP contribution in [0.5, 0.6) is 0 Å². The van der Waals surface area contributed by atoms with Crippen molar-refractivity contribution in [3.63, 3.8) is 0 Å². The molecule has 12 heavy (non-hydrogen) atoms. The maximum absolute atomic E-state index is 10.4. The lowest BCUT2D eigenvalue weighted by Crippen LogP contribution is -2.23. The second kappa shape index (κ2) is 6.91. The first-order valence-electron chi connectivity index (χ1n) is 4.27. The van der Waals surface area contributed by atoms with Gasteiger partial charge in [-0.25, -0.2) is 4.79 Å². The SMILES string of the molecule is CCCC[C@@H](CCO)OC(N)=O. The Balaban J connectivity index is 3.61. The predicted molar refractivity (Wildman–Crippen MR) is 45.7 cm³/mol. The van der Waals surface area contributed by atoms with E-state index in [4.69, 9.17) is 15.6 Å². The van der Waals surface area contributed by atoms with Gasteiger partial charge in [0, 0.05) is 13.0 Å². The van der Waals surface area contributed by atoms with Gasteiger partial charge < -0.3 is 15.6 Å². The summed E-state index contributed by atoms with van der Waals surface area (Å²) in [5, 5.41) is 8.62. The highest BCUT2D eigenvalue weighted by Crippen LogP contribution is 2.08. The van der Waals surface area contributed by atoms with Gasteiger partial charge in [-0.2, -0.15) is 0 Å². The third-order valence-corrected chi connectivity index (χ3v) is 1.61. The summed E-state index contributed by atoms with van der Waals surface area (Å²) >= 11 is 0. The van der Waals surface area contributed by atoms with Crippen LogP contribution in [0.15, 0.2) is 0 Å². The molecule has 0 saturated heterocycles. The van der Waals surface area contributed by atoms with Crippen LogP contribution < -0.4 is 5.73 Å². The maximum atomic E-state index is 10.4. The molecule has 0 spiro atoms. The molecule has 72 valence electrons. The summed E-state index contributed by atoms with van der Waals surface area (Å²) in [4.78, 5) is 10.4. The number of primary amides is 1. The molecule has 0 aliphatic carbocycles. The number of amides is 1. The average molecular weight is 175 g/mol. The molecule has 0 aliphatic heterocycles. The Morgan fingerprint density at radius 3 is 2.67 bits per heavy atom. The molecule has 1 amide bonds. The van der Waals surface area contributed by atoms with Crippen LogP contribution in [0.4, 0.5) is 4.79 Å². The van der Waals surface area contributed by atoms with Gasteiger partial charge in [0.25, 0.3) is 0 Å². The van der Waals surface area contributed by atoms with E-state index in [1.165, 1.54) is 0 Å². The van der Waals surface area contributed by atoms with Gasteiger partial charge in [-0.15, -0.1) is 0 Å². The van der Waals surface area contributed by atoms with Crippen molar-refractivity contribution in [1.29, 1.82) is 0 Å². The molecule has 0 aromatic rings. The Hall–Kier alpha value is -0.770. The molecule has 4 heteroatoms. The predicted octanol–water partition coefficient (Wildman–Crippen LogP) is 1.02. The van der Waals surface area contributed by atoms with Gasteiger partial charge in [-0.1, -0.05) is 19.8 Å². The summed E-state index contributed by atoms with van der Waals surface area (Å²) in [6, 6.07) is 0. The molecule has 0 unspecified atom stereocenters. The van der Waals surface area contributed by atoms with Crippen LogP contribution in [0, 0.1) is 0 Å². The number of ether oxygens (including phenoxy) is 1. The first kappa shape index (κ1) is 11.2. The summed E-state index contributed by atoms with van der Waals surface area (Å²) in [7, 11) is 0. The maximum Gasteiger partial charge on any atom is 0.404 e. The van der Waals surface area contributed by atoms with Crippen molar-refractivity contribution in [2.45, 2.75) is 38.7 Å². The fourth-order valence-corrected chi connectivity index (χ4v) is 1.00. The summed E-state index contributed by atoms with van der Waals surface area (Å²) in [6.07, 6.45) is 2.31. The van der Waals surface area contributed by atoms with Crippen LogP contribution >= 0.6 is 0 Å². The lowest BCUT2D eigenvalue weighted by atomic mass is 10.1. The fourth-order valence-electron chi connectivity index (χ4n) is 1.00. The minimum Gasteiger partial charge on any atom is -0.446 e. The number of hydrogen-bond donors (Lipinski definition) is 2. The summed E-state index contributed by atoms with van der Waals surface area (Å²) in [5.41, 5.74) is 4.85. The second-order valence-electron chi connectivity index (χ2n) is 2.71. The minimum atomic E-state index is -0.760. The van der Waals surface area contributed by atoms with Gasteiger partial charge in [0.05, 0.1) is 0 Å². The zero-order valence-electron chi connectivity index (χ0n) is 7.45. The molecule has 0 saturated carbocycles. The fraction of sp³-hybridized carbons (Fsp3) is 0.875. The van der Waals surface area contributed by atoms with Crippen LogP contribution in [0.2, 0.25) is 0 Å². The van der Waals surface area contributed by atoms with E-state index in [9.17, 15) is 4.79 Å². The van der Waals surface area contributed by atoms with Crippen LogP contribution in [-0.4, -0.2) is 23.9 Å². The van der Waals surface area contributed by atoms with Crippen molar-refractivity contribution in [2.24, 2.45) is 5.73 Å². The van der Waals surface area contributed by atoms with E-state index in [0.717, 1.165) is 19.3 Å². The average Bonchev–Trinajstić information content (AvgIpc) is 2.00. The standard InChI is InChI=1S/C8H17NO3/c1-2-3-4-7(5-6-10)12-8(9)11/h7,10H,2-6H2,1H3,(H2,9,11)/t7-/m0/s1. The topological polar surface area (TPSA) is 72.6 Å². The van der Waals surface area contributed by atoms with Gasteiger partial charge in [0.1, 0.15) is 6.10 Å². The Bertz CT molecular complexity index is 127. The van der Waals surface area contributed by atoms with E-state index >= 15 is 0 Å². The number of rotatable bonds is 6. The molecule has 0 bridgehead atoms. The molecule has 0 rings (SSSR count). The van der Waals surface area contributed by atoms with E-state index in [2.05, 4.69) is 6.92 Å². The van der Waals surface area contributed by atoms with Gasteiger partial charge in [0.2, 0.25) is 0 Å². The first-order valence-corrected chi connectivity index (χ1v) is 4.27. The monoisotopic (exact) mass is 175 g/mol. The lowest BCUT2D eigenvalue weighted by Gasteiger charge is -2.14. The first-order chi connectivity index (χ1) is 5.70. The number of unbranched alkanes of at least 4 members (excludes halogenated alkanes) is 1. The van der Waals surface area contributed by atoms with Crippen molar-refractivity contribution in [1.82, 2.24) is 0 Å². The van der Waals surface area contributed by atoms with Crippen molar-refractivity contribution >= 4 is 6.09 Å². The van der Waals surface area contributed by atoms with E-state index in [0.29, 0.717) is 6.42 Å². The molecule has 0 aliphatic rings. The zero-order chi connectivity index (χ0) is 9.40.